The minimum absolute atomic E-state index is 0.00185. The van der Waals surface area contributed by atoms with Gasteiger partial charge in [0.25, 0.3) is 0 Å². The van der Waals surface area contributed by atoms with Gasteiger partial charge in [-0.1, -0.05) is 12.5 Å². The molecule has 2 heterocycles. The predicted molar refractivity (Wildman–Crippen MR) is 79.8 cm³/mol. The molecule has 2 unspecified atom stereocenters. The summed E-state index contributed by atoms with van der Waals surface area (Å²) in [5.74, 6) is 0.766. The van der Waals surface area contributed by atoms with Gasteiger partial charge in [-0.05, 0) is 36.8 Å². The lowest BCUT2D eigenvalue weighted by atomic mass is 9.97. The van der Waals surface area contributed by atoms with Crippen molar-refractivity contribution in [1.82, 2.24) is 14.7 Å². The third-order valence-corrected chi connectivity index (χ3v) is 4.37. The second-order valence-electron chi connectivity index (χ2n) is 5.81. The highest BCUT2D eigenvalue weighted by Crippen LogP contribution is 2.30. The summed E-state index contributed by atoms with van der Waals surface area (Å²) in [6.07, 6.45) is 7.44. The third-order valence-electron chi connectivity index (χ3n) is 4.37. The first-order valence-electron chi connectivity index (χ1n) is 7.56. The third kappa shape index (κ3) is 3.24. The number of hydrogen-bond donors (Lipinski definition) is 2. The summed E-state index contributed by atoms with van der Waals surface area (Å²) < 4.78 is 1.92. The molecule has 1 fully saturated rings. The maximum Gasteiger partial charge on any atom is 0.226 e. The Bertz CT molecular complexity index is 590. The Kier molecular flexibility index (Phi) is 4.20. The Hall–Kier alpha value is -1.88. The van der Waals surface area contributed by atoms with E-state index in [0.717, 1.165) is 30.6 Å². The Morgan fingerprint density at radius 1 is 1.38 bits per heavy atom. The summed E-state index contributed by atoms with van der Waals surface area (Å²) in [5.41, 5.74) is 1.64. The number of aliphatic hydroxyl groups is 1. The van der Waals surface area contributed by atoms with Crippen LogP contribution in [0.4, 0.5) is 0 Å². The van der Waals surface area contributed by atoms with Gasteiger partial charge in [-0.3, -0.25) is 4.79 Å². The van der Waals surface area contributed by atoms with Gasteiger partial charge in [0.2, 0.25) is 5.91 Å². The van der Waals surface area contributed by atoms with Crippen LogP contribution in [0.3, 0.4) is 0 Å². The topological polar surface area (TPSA) is 66.6 Å². The number of aliphatic hydroxyl groups excluding tert-OH is 1. The predicted octanol–water partition coefficient (Wildman–Crippen LogP) is 1.40. The first kappa shape index (κ1) is 14.1. The van der Waals surface area contributed by atoms with E-state index in [4.69, 9.17) is 0 Å². The fourth-order valence-electron chi connectivity index (χ4n) is 3.17. The summed E-state index contributed by atoms with van der Waals surface area (Å²) in [6, 6.07) is 5.79. The number of aromatic nitrogens is 2. The van der Waals surface area contributed by atoms with Gasteiger partial charge in [0.15, 0.2) is 0 Å². The van der Waals surface area contributed by atoms with Crippen LogP contribution in [0, 0.1) is 11.8 Å². The monoisotopic (exact) mass is 287 g/mol. The molecule has 3 rings (SSSR count). The standard InChI is InChI=1S/C16H21N3O2/c20-11-13-5-3-4-12(13)9-17-16(21)8-14-10-19-7-2-1-6-15(19)18-14/h1-2,6-7,10,12-13,20H,3-5,8-9,11H2,(H,17,21). The molecule has 21 heavy (non-hydrogen) atoms. The van der Waals surface area contributed by atoms with Gasteiger partial charge in [-0.25, -0.2) is 4.98 Å². The number of amides is 1. The highest BCUT2D eigenvalue weighted by molar-refractivity contribution is 5.78. The number of carbonyl (C=O) groups is 1. The van der Waals surface area contributed by atoms with Crippen molar-refractivity contribution < 1.29 is 9.90 Å². The van der Waals surface area contributed by atoms with E-state index in [9.17, 15) is 9.90 Å². The Morgan fingerprint density at radius 2 is 2.24 bits per heavy atom. The van der Waals surface area contributed by atoms with E-state index >= 15 is 0 Å². The Balaban J connectivity index is 1.54. The van der Waals surface area contributed by atoms with Crippen LogP contribution in [0.25, 0.3) is 5.65 Å². The molecular weight excluding hydrogens is 266 g/mol. The minimum atomic E-state index is 0.00185. The summed E-state index contributed by atoms with van der Waals surface area (Å²) in [6.45, 7) is 0.893. The van der Waals surface area contributed by atoms with Gasteiger partial charge in [0.05, 0.1) is 12.1 Å². The lowest BCUT2D eigenvalue weighted by molar-refractivity contribution is -0.120. The number of carbonyl (C=O) groups excluding carboxylic acids is 1. The molecule has 5 heteroatoms. The number of hydrogen-bond acceptors (Lipinski definition) is 3. The quantitative estimate of drug-likeness (QED) is 0.873. The van der Waals surface area contributed by atoms with Crippen LogP contribution in [0.15, 0.2) is 30.6 Å². The molecule has 1 saturated carbocycles. The largest absolute Gasteiger partial charge is 0.396 e. The van der Waals surface area contributed by atoms with Crippen molar-refractivity contribution in [2.45, 2.75) is 25.7 Å². The molecule has 112 valence electrons. The van der Waals surface area contributed by atoms with Crippen LogP contribution in [-0.2, 0) is 11.2 Å². The van der Waals surface area contributed by atoms with Crippen molar-refractivity contribution in [1.29, 1.82) is 0 Å². The summed E-state index contributed by atoms with van der Waals surface area (Å²) >= 11 is 0. The van der Waals surface area contributed by atoms with Crippen LogP contribution in [0.5, 0.6) is 0 Å². The molecule has 2 atom stereocenters. The van der Waals surface area contributed by atoms with E-state index in [2.05, 4.69) is 10.3 Å². The summed E-state index contributed by atoms with van der Waals surface area (Å²) in [5, 5.41) is 12.3. The molecule has 0 aliphatic heterocycles. The van der Waals surface area contributed by atoms with Gasteiger partial charge in [0, 0.05) is 25.5 Å². The zero-order valence-corrected chi connectivity index (χ0v) is 12.0. The molecule has 1 amide bonds. The van der Waals surface area contributed by atoms with Crippen LogP contribution in [0.1, 0.15) is 25.0 Å². The van der Waals surface area contributed by atoms with E-state index in [1.165, 1.54) is 0 Å². The highest BCUT2D eigenvalue weighted by Gasteiger charge is 2.26. The molecule has 0 spiro atoms. The van der Waals surface area contributed by atoms with E-state index in [1.54, 1.807) is 0 Å². The first-order valence-corrected chi connectivity index (χ1v) is 7.56. The SMILES string of the molecule is O=C(Cc1cn2ccccc2n1)NCC1CCCC1CO. The van der Waals surface area contributed by atoms with Gasteiger partial charge in [0.1, 0.15) is 5.65 Å². The second kappa shape index (κ2) is 6.26. The maximum absolute atomic E-state index is 12.0. The number of rotatable bonds is 5. The van der Waals surface area contributed by atoms with E-state index < -0.39 is 0 Å². The van der Waals surface area contributed by atoms with Crippen LogP contribution >= 0.6 is 0 Å². The van der Waals surface area contributed by atoms with Crippen LogP contribution in [-0.4, -0.2) is 33.6 Å². The molecule has 1 aliphatic rings. The zero-order chi connectivity index (χ0) is 14.7. The number of pyridine rings is 1. The van der Waals surface area contributed by atoms with Crippen LogP contribution < -0.4 is 5.32 Å². The van der Waals surface area contributed by atoms with Crippen molar-refractivity contribution in [2.75, 3.05) is 13.2 Å². The minimum Gasteiger partial charge on any atom is -0.396 e. The van der Waals surface area contributed by atoms with Crippen molar-refractivity contribution in [3.63, 3.8) is 0 Å². The molecule has 0 radical (unpaired) electrons. The number of nitrogens with one attached hydrogen (secondary N) is 1. The average molecular weight is 287 g/mol. The number of nitrogens with zero attached hydrogens (tertiary/aromatic N) is 2. The fourth-order valence-corrected chi connectivity index (χ4v) is 3.17. The van der Waals surface area contributed by atoms with E-state index in [1.807, 2.05) is 35.0 Å². The Labute approximate surface area is 124 Å². The zero-order valence-electron chi connectivity index (χ0n) is 12.0. The first-order chi connectivity index (χ1) is 10.3. The second-order valence-corrected chi connectivity index (χ2v) is 5.81. The maximum atomic E-state index is 12.0. The molecular formula is C16H21N3O2. The van der Waals surface area contributed by atoms with E-state index in [0.29, 0.717) is 24.8 Å². The molecule has 1 aliphatic carbocycles. The summed E-state index contributed by atoms with van der Waals surface area (Å²) in [4.78, 5) is 16.4. The van der Waals surface area contributed by atoms with Gasteiger partial charge in [-0.2, -0.15) is 0 Å². The lowest BCUT2D eigenvalue weighted by Crippen LogP contribution is -2.32. The van der Waals surface area contributed by atoms with Crippen molar-refractivity contribution in [3.8, 4) is 0 Å². The summed E-state index contributed by atoms with van der Waals surface area (Å²) in [7, 11) is 0. The van der Waals surface area contributed by atoms with E-state index in [-0.39, 0.29) is 12.5 Å². The highest BCUT2D eigenvalue weighted by atomic mass is 16.3. The molecule has 2 N–H and O–H groups in total. The molecule has 0 bridgehead atoms. The van der Waals surface area contributed by atoms with Crippen LogP contribution in [0.2, 0.25) is 0 Å². The number of fused-ring (bicyclic) bond motifs is 1. The molecule has 0 aromatic carbocycles. The molecule has 2 aromatic heterocycles. The number of imidazole rings is 1. The molecule has 0 saturated heterocycles. The normalized spacial score (nSPS) is 21.8. The van der Waals surface area contributed by atoms with Gasteiger partial charge >= 0.3 is 0 Å². The van der Waals surface area contributed by atoms with Crippen molar-refractivity contribution in [3.05, 3.63) is 36.3 Å². The Morgan fingerprint density at radius 3 is 3.05 bits per heavy atom. The van der Waals surface area contributed by atoms with Gasteiger partial charge < -0.3 is 14.8 Å². The lowest BCUT2D eigenvalue weighted by Gasteiger charge is -2.17. The smallest absolute Gasteiger partial charge is 0.226 e. The van der Waals surface area contributed by atoms with Crippen molar-refractivity contribution >= 4 is 11.6 Å². The van der Waals surface area contributed by atoms with Gasteiger partial charge in [-0.15, -0.1) is 0 Å². The average Bonchev–Trinajstić information content (AvgIpc) is 3.10. The molecule has 2 aromatic rings. The van der Waals surface area contributed by atoms with Crippen molar-refractivity contribution in [2.24, 2.45) is 11.8 Å². The fraction of sp³-hybridized carbons (Fsp3) is 0.500. The molecule has 5 nitrogen and oxygen atoms in total.